The molecule has 2 fully saturated rings. The summed E-state index contributed by atoms with van der Waals surface area (Å²) in [6.07, 6.45) is 7.93. The Morgan fingerprint density at radius 3 is 2.48 bits per heavy atom. The summed E-state index contributed by atoms with van der Waals surface area (Å²) in [5.74, 6) is 1.75. The van der Waals surface area contributed by atoms with Gasteiger partial charge in [0.2, 0.25) is 0 Å². The van der Waals surface area contributed by atoms with Gasteiger partial charge >= 0.3 is 0 Å². The minimum Gasteiger partial charge on any atom is -0.300 e. The third-order valence-electron chi connectivity index (χ3n) is 5.10. The smallest absolute Gasteiger partial charge is 0.0312 e. The summed E-state index contributed by atoms with van der Waals surface area (Å²) in [6, 6.07) is 5.05. The summed E-state index contributed by atoms with van der Waals surface area (Å²) < 4.78 is 0. The fraction of sp³-hybridized carbons (Fsp3) is 0.722. The fourth-order valence-electron chi connectivity index (χ4n) is 4.20. The summed E-state index contributed by atoms with van der Waals surface area (Å²) in [7, 11) is 0. The number of rotatable bonds is 3. The lowest BCUT2D eigenvalue weighted by atomic mass is 9.89. The van der Waals surface area contributed by atoms with Gasteiger partial charge in [0.1, 0.15) is 0 Å². The summed E-state index contributed by atoms with van der Waals surface area (Å²) >= 11 is 0. The van der Waals surface area contributed by atoms with Crippen molar-refractivity contribution in [1.29, 1.82) is 0 Å². The lowest BCUT2D eigenvalue weighted by molar-refractivity contribution is 0.0529. The molecule has 2 aliphatic heterocycles. The molecule has 1 aromatic rings. The summed E-state index contributed by atoms with van der Waals surface area (Å²) in [5.41, 5.74) is 1.34. The van der Waals surface area contributed by atoms with Crippen molar-refractivity contribution in [3.63, 3.8) is 0 Å². The van der Waals surface area contributed by atoms with E-state index in [0.717, 1.165) is 24.4 Å². The molecule has 0 bridgehead atoms. The van der Waals surface area contributed by atoms with Crippen LogP contribution < -0.4 is 0 Å². The molecule has 0 unspecified atom stereocenters. The van der Waals surface area contributed by atoms with E-state index in [-0.39, 0.29) is 0 Å². The Kier molecular flexibility index (Phi) is 4.91. The van der Waals surface area contributed by atoms with E-state index >= 15 is 0 Å². The van der Waals surface area contributed by atoms with Crippen molar-refractivity contribution in [2.24, 2.45) is 11.8 Å². The van der Waals surface area contributed by atoms with Crippen molar-refractivity contribution in [3.8, 4) is 0 Å². The van der Waals surface area contributed by atoms with Crippen molar-refractivity contribution in [2.75, 3.05) is 26.2 Å². The molecule has 0 amide bonds. The Labute approximate surface area is 129 Å². The third-order valence-corrected chi connectivity index (χ3v) is 5.10. The molecule has 3 nitrogen and oxygen atoms in total. The van der Waals surface area contributed by atoms with Gasteiger partial charge in [-0.25, -0.2) is 0 Å². The second-order valence-electron chi connectivity index (χ2n) is 7.27. The molecule has 2 atom stereocenters. The molecule has 0 saturated carbocycles. The Balaban J connectivity index is 1.48. The van der Waals surface area contributed by atoms with Crippen LogP contribution in [0.5, 0.6) is 0 Å². The van der Waals surface area contributed by atoms with E-state index in [4.69, 9.17) is 0 Å². The molecular formula is C18H29N3. The van der Waals surface area contributed by atoms with Crippen LogP contribution in [0.4, 0.5) is 0 Å². The molecule has 2 saturated heterocycles. The summed E-state index contributed by atoms with van der Waals surface area (Å²) in [4.78, 5) is 9.59. The largest absolute Gasteiger partial charge is 0.300 e. The molecule has 3 heterocycles. The predicted octanol–water partition coefficient (Wildman–Crippen LogP) is 3.02. The second kappa shape index (κ2) is 6.89. The van der Waals surface area contributed by atoms with Gasteiger partial charge in [-0.05, 0) is 55.8 Å². The average molecular weight is 287 g/mol. The topological polar surface area (TPSA) is 19.4 Å². The Bertz CT molecular complexity index is 415. The number of hydrogen-bond acceptors (Lipinski definition) is 3. The maximum atomic E-state index is 4.22. The highest BCUT2D eigenvalue weighted by atomic mass is 15.2. The molecule has 0 N–H and O–H groups in total. The fourth-order valence-corrected chi connectivity index (χ4v) is 4.20. The molecule has 0 aromatic carbocycles. The maximum absolute atomic E-state index is 4.22. The van der Waals surface area contributed by atoms with Crippen molar-refractivity contribution in [2.45, 2.75) is 45.7 Å². The van der Waals surface area contributed by atoms with Gasteiger partial charge in [0.05, 0.1) is 0 Å². The van der Waals surface area contributed by atoms with Gasteiger partial charge in [-0.2, -0.15) is 0 Å². The Morgan fingerprint density at radius 1 is 1.14 bits per heavy atom. The Morgan fingerprint density at radius 2 is 1.86 bits per heavy atom. The Hall–Kier alpha value is -0.930. The van der Waals surface area contributed by atoms with E-state index in [2.05, 4.69) is 34.7 Å². The first-order valence-electron chi connectivity index (χ1n) is 8.56. The molecule has 0 radical (unpaired) electrons. The van der Waals surface area contributed by atoms with Crippen LogP contribution in [0, 0.1) is 11.8 Å². The van der Waals surface area contributed by atoms with Crippen molar-refractivity contribution < 1.29 is 0 Å². The molecule has 2 aliphatic rings. The third kappa shape index (κ3) is 4.04. The van der Waals surface area contributed by atoms with Crippen LogP contribution in [0.3, 0.4) is 0 Å². The minimum absolute atomic E-state index is 0.820. The molecule has 116 valence electrons. The molecule has 3 rings (SSSR count). The number of piperidine rings is 2. The maximum Gasteiger partial charge on any atom is 0.0312 e. The predicted molar refractivity (Wildman–Crippen MR) is 87.1 cm³/mol. The van der Waals surface area contributed by atoms with Crippen molar-refractivity contribution >= 4 is 0 Å². The highest BCUT2D eigenvalue weighted by Crippen LogP contribution is 2.26. The molecule has 3 heteroatoms. The van der Waals surface area contributed by atoms with Gasteiger partial charge < -0.3 is 0 Å². The minimum atomic E-state index is 0.820. The van der Waals surface area contributed by atoms with Gasteiger partial charge in [0.15, 0.2) is 0 Å². The molecule has 0 aliphatic carbocycles. The summed E-state index contributed by atoms with van der Waals surface area (Å²) in [6.45, 7) is 11.0. The molecule has 21 heavy (non-hydrogen) atoms. The highest BCUT2D eigenvalue weighted by Gasteiger charge is 2.29. The van der Waals surface area contributed by atoms with Crippen LogP contribution in [-0.2, 0) is 6.54 Å². The van der Waals surface area contributed by atoms with E-state index in [1.807, 2.05) is 18.5 Å². The van der Waals surface area contributed by atoms with Gasteiger partial charge in [-0.1, -0.05) is 19.9 Å². The van der Waals surface area contributed by atoms with Crippen molar-refractivity contribution in [3.05, 3.63) is 30.1 Å². The first-order valence-corrected chi connectivity index (χ1v) is 8.56. The standard InChI is InChI=1S/C18H29N3/c1-15-10-16(2)13-21(12-15)18-5-8-20(9-6-18)14-17-4-3-7-19-11-17/h3-4,7,11,15-16,18H,5-6,8-10,12-14H2,1-2H3/t15-,16+. The summed E-state index contributed by atoms with van der Waals surface area (Å²) in [5, 5.41) is 0. The number of aromatic nitrogens is 1. The van der Waals surface area contributed by atoms with Crippen LogP contribution in [0.2, 0.25) is 0 Å². The van der Waals surface area contributed by atoms with E-state index in [0.29, 0.717) is 0 Å². The van der Waals surface area contributed by atoms with Crippen LogP contribution in [0.25, 0.3) is 0 Å². The average Bonchev–Trinajstić information content (AvgIpc) is 2.48. The van der Waals surface area contributed by atoms with E-state index in [9.17, 15) is 0 Å². The SMILES string of the molecule is C[C@@H]1C[C@H](C)CN(C2CCN(Cc3cccnc3)CC2)C1. The van der Waals surface area contributed by atoms with E-state index in [1.54, 1.807) is 0 Å². The molecule has 0 spiro atoms. The van der Waals surface area contributed by atoms with Crippen molar-refractivity contribution in [1.82, 2.24) is 14.8 Å². The van der Waals surface area contributed by atoms with E-state index < -0.39 is 0 Å². The monoisotopic (exact) mass is 287 g/mol. The number of likely N-dealkylation sites (tertiary alicyclic amines) is 2. The van der Waals surface area contributed by atoms with E-state index in [1.165, 1.54) is 51.0 Å². The lowest BCUT2D eigenvalue weighted by Gasteiger charge is -2.43. The van der Waals surface area contributed by atoms with Crippen LogP contribution >= 0.6 is 0 Å². The van der Waals surface area contributed by atoms with Gasteiger partial charge in [-0.15, -0.1) is 0 Å². The highest BCUT2D eigenvalue weighted by molar-refractivity contribution is 5.08. The lowest BCUT2D eigenvalue weighted by Crippen LogP contribution is -2.49. The van der Waals surface area contributed by atoms with Crippen LogP contribution in [0.15, 0.2) is 24.5 Å². The zero-order chi connectivity index (χ0) is 14.7. The quantitative estimate of drug-likeness (QED) is 0.852. The first-order chi connectivity index (χ1) is 10.2. The van der Waals surface area contributed by atoms with Crippen LogP contribution in [0.1, 0.15) is 38.7 Å². The van der Waals surface area contributed by atoms with Gasteiger partial charge in [0.25, 0.3) is 0 Å². The number of nitrogens with zero attached hydrogens (tertiary/aromatic N) is 3. The molecular weight excluding hydrogens is 258 g/mol. The number of pyridine rings is 1. The zero-order valence-electron chi connectivity index (χ0n) is 13.5. The first kappa shape index (κ1) is 15.0. The van der Waals surface area contributed by atoms with Gasteiger partial charge in [0, 0.05) is 38.1 Å². The zero-order valence-corrected chi connectivity index (χ0v) is 13.5. The number of hydrogen-bond donors (Lipinski definition) is 0. The van der Waals surface area contributed by atoms with Crippen LogP contribution in [-0.4, -0.2) is 47.0 Å². The second-order valence-corrected chi connectivity index (χ2v) is 7.27. The molecule has 1 aromatic heterocycles. The normalized spacial score (nSPS) is 29.6. The van der Waals surface area contributed by atoms with Gasteiger partial charge in [-0.3, -0.25) is 14.8 Å².